The van der Waals surface area contributed by atoms with E-state index in [1.165, 1.54) is 16.2 Å². The summed E-state index contributed by atoms with van der Waals surface area (Å²) in [7, 11) is 1.69. The third kappa shape index (κ3) is 12.4. The number of aliphatic hydroxyl groups is 1. The van der Waals surface area contributed by atoms with Crippen LogP contribution in [-0.2, 0) is 35.5 Å². The number of nitrogens with one attached hydrogen (secondary N) is 3. The number of aliphatic hydroxyl groups excluding tert-OH is 1. The third-order valence-corrected chi connectivity index (χ3v) is 9.50. The molecule has 0 saturated carbocycles. The summed E-state index contributed by atoms with van der Waals surface area (Å²) in [4.78, 5) is 49.5. The molecule has 0 aliphatic carbocycles. The number of urea groups is 1. The standard InChI is InChI=1S/C35H44N6O5S2/c1-24(2)33-38-28(22-47-33)20-41(3)34(44)37-15-14-32(43)40-30(17-26-12-8-5-9-13-26)31(42)18-27(16-25-10-6-4-7-11-25)39-35(45)46-21-29-19-36-23-48-29/h4-13,19,22-24,27,30-31,42H,14-18,20-21H2,1-3H3,(H,37,44)(H,39,45)(H,40,43)/t27-,30-,31-/m0/s1. The Morgan fingerprint density at radius 1 is 0.958 bits per heavy atom. The maximum atomic E-state index is 13.1. The fourth-order valence-electron chi connectivity index (χ4n) is 5.03. The molecule has 0 aliphatic heterocycles. The van der Waals surface area contributed by atoms with E-state index in [1.807, 2.05) is 66.0 Å². The van der Waals surface area contributed by atoms with Gasteiger partial charge in [-0.05, 0) is 30.4 Å². The van der Waals surface area contributed by atoms with Crippen molar-refractivity contribution >= 4 is 40.7 Å². The van der Waals surface area contributed by atoms with Crippen molar-refractivity contribution in [1.82, 2.24) is 30.8 Å². The molecule has 0 bridgehead atoms. The van der Waals surface area contributed by atoms with Crippen LogP contribution < -0.4 is 16.0 Å². The van der Waals surface area contributed by atoms with Crippen LogP contribution in [0.4, 0.5) is 9.59 Å². The number of nitrogens with zero attached hydrogens (tertiary/aromatic N) is 3. The summed E-state index contributed by atoms with van der Waals surface area (Å²) < 4.78 is 5.41. The smallest absolute Gasteiger partial charge is 0.407 e. The van der Waals surface area contributed by atoms with E-state index in [2.05, 4.69) is 39.8 Å². The molecule has 0 aliphatic rings. The largest absolute Gasteiger partial charge is 0.444 e. The molecule has 48 heavy (non-hydrogen) atoms. The Balaban J connectivity index is 1.34. The summed E-state index contributed by atoms with van der Waals surface area (Å²) in [5.41, 5.74) is 4.42. The Morgan fingerprint density at radius 3 is 2.27 bits per heavy atom. The Bertz CT molecular complexity index is 1550. The fourth-order valence-corrected chi connectivity index (χ4v) is 6.36. The van der Waals surface area contributed by atoms with Gasteiger partial charge in [0.25, 0.3) is 0 Å². The van der Waals surface area contributed by atoms with Crippen LogP contribution in [0.2, 0.25) is 0 Å². The number of carbonyl (C=O) groups is 3. The summed E-state index contributed by atoms with van der Waals surface area (Å²) in [5, 5.41) is 23.2. The van der Waals surface area contributed by atoms with Crippen molar-refractivity contribution in [3.05, 3.63) is 104 Å². The number of rotatable bonds is 17. The second-order valence-electron chi connectivity index (χ2n) is 11.9. The second-order valence-corrected chi connectivity index (χ2v) is 13.8. The highest BCUT2D eigenvalue weighted by Gasteiger charge is 2.27. The number of alkyl carbamates (subject to hydrolysis) is 1. The minimum atomic E-state index is -1.00. The maximum absolute atomic E-state index is 13.1. The van der Waals surface area contributed by atoms with Gasteiger partial charge in [-0.15, -0.1) is 22.7 Å². The minimum absolute atomic E-state index is 0.0292. The van der Waals surface area contributed by atoms with E-state index < -0.39 is 24.3 Å². The minimum Gasteiger partial charge on any atom is -0.444 e. The van der Waals surface area contributed by atoms with Crippen molar-refractivity contribution in [2.24, 2.45) is 0 Å². The summed E-state index contributed by atoms with van der Waals surface area (Å²) in [6, 6.07) is 17.8. The van der Waals surface area contributed by atoms with E-state index in [0.29, 0.717) is 25.3 Å². The average Bonchev–Trinajstić information content (AvgIpc) is 3.77. The van der Waals surface area contributed by atoms with Gasteiger partial charge in [-0.25, -0.2) is 14.6 Å². The van der Waals surface area contributed by atoms with Gasteiger partial charge in [0.1, 0.15) is 6.61 Å². The highest BCUT2D eigenvalue weighted by Crippen LogP contribution is 2.20. The molecule has 0 fully saturated rings. The lowest BCUT2D eigenvalue weighted by Crippen LogP contribution is -2.49. The van der Waals surface area contributed by atoms with E-state index in [0.717, 1.165) is 26.7 Å². The Labute approximate surface area is 289 Å². The molecule has 4 N–H and O–H groups in total. The van der Waals surface area contributed by atoms with Crippen LogP contribution in [0.3, 0.4) is 0 Å². The number of amides is 4. The second kappa shape index (κ2) is 18.9. The van der Waals surface area contributed by atoms with Gasteiger partial charge in [0.15, 0.2) is 0 Å². The molecule has 2 aromatic heterocycles. The summed E-state index contributed by atoms with van der Waals surface area (Å²) in [5.74, 6) is 0.0169. The summed E-state index contributed by atoms with van der Waals surface area (Å²) in [6.07, 6.45) is 1.08. The van der Waals surface area contributed by atoms with E-state index >= 15 is 0 Å². The number of hydrogen-bond donors (Lipinski definition) is 4. The lowest BCUT2D eigenvalue weighted by Gasteiger charge is -2.28. The van der Waals surface area contributed by atoms with Gasteiger partial charge in [0.2, 0.25) is 5.91 Å². The van der Waals surface area contributed by atoms with Crippen LogP contribution in [0.15, 0.2) is 77.8 Å². The van der Waals surface area contributed by atoms with Gasteiger partial charge >= 0.3 is 12.1 Å². The highest BCUT2D eigenvalue weighted by atomic mass is 32.1. The van der Waals surface area contributed by atoms with Gasteiger partial charge in [-0.3, -0.25) is 9.78 Å². The van der Waals surface area contributed by atoms with Crippen molar-refractivity contribution in [3.63, 3.8) is 0 Å². The molecule has 4 rings (SSSR count). The van der Waals surface area contributed by atoms with Crippen molar-refractivity contribution in [2.45, 2.75) is 76.8 Å². The molecule has 4 amide bonds. The monoisotopic (exact) mass is 692 g/mol. The highest BCUT2D eigenvalue weighted by molar-refractivity contribution is 7.09. The zero-order valence-electron chi connectivity index (χ0n) is 27.5. The molecule has 4 aromatic rings. The molecule has 2 heterocycles. The van der Waals surface area contributed by atoms with Crippen molar-refractivity contribution in [3.8, 4) is 0 Å². The van der Waals surface area contributed by atoms with Gasteiger partial charge in [0, 0.05) is 43.5 Å². The number of benzene rings is 2. The fraction of sp³-hybridized carbons (Fsp3) is 0.400. The van der Waals surface area contributed by atoms with Gasteiger partial charge < -0.3 is 30.7 Å². The number of carbonyl (C=O) groups excluding carboxylic acids is 3. The topological polar surface area (TPSA) is 146 Å². The number of hydrogen-bond acceptors (Lipinski definition) is 9. The van der Waals surface area contributed by atoms with E-state index in [1.54, 1.807) is 30.1 Å². The average molecular weight is 693 g/mol. The first-order valence-corrected chi connectivity index (χ1v) is 17.7. The SMILES string of the molecule is CC(C)c1nc(CN(C)C(=O)NCCC(=O)N[C@@H](Cc2ccccc2)[C@@H](O)C[C@H](Cc2ccccc2)NC(=O)OCc2cncs2)cs1. The van der Waals surface area contributed by atoms with E-state index in [9.17, 15) is 19.5 Å². The molecule has 0 radical (unpaired) electrons. The van der Waals surface area contributed by atoms with Gasteiger partial charge in [0.05, 0.1) is 39.8 Å². The quantitative estimate of drug-likeness (QED) is 0.118. The molecule has 256 valence electrons. The van der Waals surface area contributed by atoms with Crippen LogP contribution in [0.5, 0.6) is 0 Å². The third-order valence-electron chi connectivity index (χ3n) is 7.55. The predicted octanol–water partition coefficient (Wildman–Crippen LogP) is 5.27. The molecule has 11 nitrogen and oxygen atoms in total. The number of aromatic nitrogens is 2. The van der Waals surface area contributed by atoms with Crippen molar-refractivity contribution < 1.29 is 24.2 Å². The molecule has 0 unspecified atom stereocenters. The summed E-state index contributed by atoms with van der Waals surface area (Å²) >= 11 is 2.97. The first-order chi connectivity index (χ1) is 23.2. The predicted molar refractivity (Wildman–Crippen MR) is 188 cm³/mol. The van der Waals surface area contributed by atoms with Crippen molar-refractivity contribution in [2.75, 3.05) is 13.6 Å². The van der Waals surface area contributed by atoms with E-state index in [4.69, 9.17) is 4.74 Å². The zero-order chi connectivity index (χ0) is 34.3. The molecule has 0 saturated heterocycles. The lowest BCUT2D eigenvalue weighted by molar-refractivity contribution is -0.122. The Morgan fingerprint density at radius 2 is 1.65 bits per heavy atom. The molecular weight excluding hydrogens is 649 g/mol. The van der Waals surface area contributed by atoms with Gasteiger partial charge in [-0.2, -0.15) is 0 Å². The van der Waals surface area contributed by atoms with Crippen LogP contribution in [0.1, 0.15) is 59.3 Å². The number of thiazole rings is 2. The first-order valence-electron chi connectivity index (χ1n) is 16.0. The molecular formula is C35H44N6O5S2. The lowest BCUT2D eigenvalue weighted by atomic mass is 9.93. The molecule has 3 atom stereocenters. The normalized spacial score (nSPS) is 12.9. The van der Waals surface area contributed by atoms with Crippen LogP contribution in [0.25, 0.3) is 0 Å². The molecule has 13 heteroatoms. The summed E-state index contributed by atoms with van der Waals surface area (Å²) in [6.45, 7) is 4.75. The van der Waals surface area contributed by atoms with Gasteiger partial charge in [-0.1, -0.05) is 74.5 Å². The van der Waals surface area contributed by atoms with Crippen LogP contribution in [-0.4, -0.2) is 69.8 Å². The molecule has 0 spiro atoms. The Kier molecular flexibility index (Phi) is 14.3. The first kappa shape index (κ1) is 36.5. The number of ether oxygens (including phenoxy) is 1. The van der Waals surface area contributed by atoms with E-state index in [-0.39, 0.29) is 37.9 Å². The van der Waals surface area contributed by atoms with Crippen LogP contribution in [0, 0.1) is 0 Å². The Hall–Kier alpha value is -4.33. The zero-order valence-corrected chi connectivity index (χ0v) is 29.1. The van der Waals surface area contributed by atoms with Crippen LogP contribution >= 0.6 is 22.7 Å². The maximum Gasteiger partial charge on any atom is 0.407 e. The van der Waals surface area contributed by atoms with Crippen molar-refractivity contribution in [1.29, 1.82) is 0 Å². The molecule has 2 aromatic carbocycles.